The fraction of sp³-hybridized carbons (Fsp3) is 0.250. The van der Waals surface area contributed by atoms with Gasteiger partial charge in [0.2, 0.25) is 0 Å². The number of nitrogens with zero attached hydrogens (tertiary/aromatic N) is 1. The van der Waals surface area contributed by atoms with Crippen molar-refractivity contribution in [3.63, 3.8) is 0 Å². The Morgan fingerprint density at radius 2 is 2.06 bits per heavy atom. The lowest BCUT2D eigenvalue weighted by atomic mass is 10.0. The van der Waals surface area contributed by atoms with Gasteiger partial charge in [-0.25, -0.2) is 4.98 Å². The minimum atomic E-state index is 0.383. The summed E-state index contributed by atoms with van der Waals surface area (Å²) >= 11 is 3.42. The lowest BCUT2D eigenvalue weighted by Gasteiger charge is -2.11. The Bertz CT molecular complexity index is 563. The van der Waals surface area contributed by atoms with Gasteiger partial charge in [-0.15, -0.1) is 0 Å². The molecular formula is C12H14BrN3O. The molecule has 0 saturated heterocycles. The van der Waals surface area contributed by atoms with E-state index in [1.165, 1.54) is 0 Å². The SMILES string of the molecule is COc1cc(C)cc(C)c1-c1nc(N)[nH]c1Br. The molecule has 1 aromatic heterocycles. The first-order valence-corrected chi connectivity index (χ1v) is 5.98. The van der Waals surface area contributed by atoms with Gasteiger partial charge in [0.05, 0.1) is 7.11 Å². The third kappa shape index (κ3) is 2.15. The molecule has 1 aromatic carbocycles. The van der Waals surface area contributed by atoms with Gasteiger partial charge < -0.3 is 15.5 Å². The molecule has 3 N–H and O–H groups in total. The van der Waals surface area contributed by atoms with Crippen molar-refractivity contribution >= 4 is 21.9 Å². The lowest BCUT2D eigenvalue weighted by molar-refractivity contribution is 0.415. The van der Waals surface area contributed by atoms with Crippen LogP contribution in [0, 0.1) is 13.8 Å². The highest BCUT2D eigenvalue weighted by atomic mass is 79.9. The van der Waals surface area contributed by atoms with E-state index < -0.39 is 0 Å². The molecule has 0 amide bonds. The molecule has 0 radical (unpaired) electrons. The average Bonchev–Trinajstić information content (AvgIpc) is 2.56. The standard InChI is InChI=1S/C12H14BrN3O/c1-6-4-7(2)9(8(5-6)17-3)10-11(13)16-12(14)15-10/h4-5H,1-3H3,(H3,14,15,16). The molecule has 0 fully saturated rings. The van der Waals surface area contributed by atoms with Gasteiger partial charge in [-0.1, -0.05) is 6.07 Å². The van der Waals surface area contributed by atoms with E-state index in [9.17, 15) is 0 Å². The van der Waals surface area contributed by atoms with Crippen LogP contribution >= 0.6 is 15.9 Å². The van der Waals surface area contributed by atoms with Gasteiger partial charge in [-0.05, 0) is 47.0 Å². The number of aryl methyl sites for hydroxylation is 2. The minimum absolute atomic E-state index is 0.383. The van der Waals surface area contributed by atoms with Crippen LogP contribution in [0.15, 0.2) is 16.7 Å². The summed E-state index contributed by atoms with van der Waals surface area (Å²) in [6.07, 6.45) is 0. The lowest BCUT2D eigenvalue weighted by Crippen LogP contribution is -1.94. The number of imidazole rings is 1. The van der Waals surface area contributed by atoms with Crippen molar-refractivity contribution in [3.05, 3.63) is 27.9 Å². The molecule has 0 saturated carbocycles. The third-order valence-corrected chi connectivity index (χ3v) is 3.15. The van der Waals surface area contributed by atoms with Crippen molar-refractivity contribution in [1.82, 2.24) is 9.97 Å². The molecule has 0 spiro atoms. The first-order valence-electron chi connectivity index (χ1n) is 5.19. The number of ether oxygens (including phenoxy) is 1. The second-order valence-corrected chi connectivity index (χ2v) is 4.74. The Hall–Kier alpha value is -1.49. The number of rotatable bonds is 2. The number of nitrogen functional groups attached to an aromatic ring is 1. The zero-order chi connectivity index (χ0) is 12.6. The number of nitrogens with one attached hydrogen (secondary N) is 1. The number of methoxy groups -OCH3 is 1. The second-order valence-electron chi connectivity index (χ2n) is 3.94. The normalized spacial score (nSPS) is 10.6. The van der Waals surface area contributed by atoms with Crippen molar-refractivity contribution in [1.29, 1.82) is 0 Å². The monoisotopic (exact) mass is 295 g/mol. The summed E-state index contributed by atoms with van der Waals surface area (Å²) in [6.45, 7) is 4.06. The number of nitrogens with two attached hydrogens (primary N) is 1. The first kappa shape index (κ1) is 12.0. The van der Waals surface area contributed by atoms with Crippen LogP contribution in [0.2, 0.25) is 0 Å². The van der Waals surface area contributed by atoms with Crippen molar-refractivity contribution in [2.45, 2.75) is 13.8 Å². The molecule has 0 atom stereocenters. The number of hydrogen-bond donors (Lipinski definition) is 2. The number of aromatic amines is 1. The predicted octanol–water partition coefficient (Wildman–Crippen LogP) is 3.05. The zero-order valence-corrected chi connectivity index (χ0v) is 11.6. The number of halogens is 1. The summed E-state index contributed by atoms with van der Waals surface area (Å²) in [5, 5.41) is 0. The Labute approximate surface area is 108 Å². The van der Waals surface area contributed by atoms with Crippen LogP contribution in [-0.2, 0) is 0 Å². The zero-order valence-electron chi connectivity index (χ0n) is 9.97. The Morgan fingerprint density at radius 1 is 1.35 bits per heavy atom. The Balaban J connectivity index is 2.70. The highest BCUT2D eigenvalue weighted by Gasteiger charge is 2.16. The molecule has 2 aromatic rings. The quantitative estimate of drug-likeness (QED) is 0.895. The van der Waals surface area contributed by atoms with E-state index in [0.29, 0.717) is 5.95 Å². The van der Waals surface area contributed by atoms with Gasteiger partial charge in [0.15, 0.2) is 5.95 Å². The Morgan fingerprint density at radius 3 is 2.59 bits per heavy atom. The van der Waals surface area contributed by atoms with E-state index in [2.05, 4.69) is 32.0 Å². The summed E-state index contributed by atoms with van der Waals surface area (Å²) in [5.74, 6) is 1.18. The fourth-order valence-corrected chi connectivity index (χ4v) is 2.42. The molecule has 17 heavy (non-hydrogen) atoms. The molecule has 0 aliphatic carbocycles. The van der Waals surface area contributed by atoms with Crippen LogP contribution in [0.1, 0.15) is 11.1 Å². The summed E-state index contributed by atoms with van der Waals surface area (Å²) in [6, 6.07) is 4.08. The average molecular weight is 296 g/mol. The van der Waals surface area contributed by atoms with Gasteiger partial charge in [-0.3, -0.25) is 0 Å². The van der Waals surface area contributed by atoms with Crippen LogP contribution in [0.25, 0.3) is 11.3 Å². The Kier molecular flexibility index (Phi) is 3.11. The van der Waals surface area contributed by atoms with Gasteiger partial charge >= 0.3 is 0 Å². The molecular weight excluding hydrogens is 282 g/mol. The minimum Gasteiger partial charge on any atom is -0.496 e. The van der Waals surface area contributed by atoms with Gasteiger partial charge in [0.1, 0.15) is 16.0 Å². The third-order valence-electron chi connectivity index (χ3n) is 2.58. The van der Waals surface area contributed by atoms with Crippen LogP contribution < -0.4 is 10.5 Å². The van der Waals surface area contributed by atoms with Crippen LogP contribution in [0.4, 0.5) is 5.95 Å². The van der Waals surface area contributed by atoms with E-state index in [0.717, 1.165) is 32.7 Å². The largest absolute Gasteiger partial charge is 0.496 e. The summed E-state index contributed by atoms with van der Waals surface area (Å²) in [4.78, 5) is 7.20. The molecule has 90 valence electrons. The van der Waals surface area contributed by atoms with E-state index in [4.69, 9.17) is 10.5 Å². The van der Waals surface area contributed by atoms with Crippen LogP contribution in [0.5, 0.6) is 5.75 Å². The van der Waals surface area contributed by atoms with E-state index >= 15 is 0 Å². The molecule has 0 unspecified atom stereocenters. The number of aromatic nitrogens is 2. The maximum Gasteiger partial charge on any atom is 0.198 e. The first-order chi connectivity index (χ1) is 8.02. The summed E-state index contributed by atoms with van der Waals surface area (Å²) in [5.41, 5.74) is 9.64. The highest BCUT2D eigenvalue weighted by molar-refractivity contribution is 9.10. The number of benzene rings is 1. The maximum absolute atomic E-state index is 5.65. The van der Waals surface area contributed by atoms with E-state index in [1.807, 2.05) is 19.9 Å². The van der Waals surface area contributed by atoms with Crippen molar-refractivity contribution in [3.8, 4) is 17.0 Å². The molecule has 4 nitrogen and oxygen atoms in total. The second kappa shape index (κ2) is 4.41. The molecule has 1 heterocycles. The topological polar surface area (TPSA) is 63.9 Å². The molecule has 2 rings (SSSR count). The van der Waals surface area contributed by atoms with Crippen LogP contribution in [-0.4, -0.2) is 17.1 Å². The number of H-pyrrole nitrogens is 1. The number of hydrogen-bond acceptors (Lipinski definition) is 3. The smallest absolute Gasteiger partial charge is 0.198 e. The van der Waals surface area contributed by atoms with Crippen molar-refractivity contribution in [2.75, 3.05) is 12.8 Å². The van der Waals surface area contributed by atoms with E-state index in [1.54, 1.807) is 7.11 Å². The molecule has 0 aliphatic heterocycles. The van der Waals surface area contributed by atoms with Crippen molar-refractivity contribution < 1.29 is 4.74 Å². The summed E-state index contributed by atoms with van der Waals surface area (Å²) < 4.78 is 6.17. The van der Waals surface area contributed by atoms with Crippen LogP contribution in [0.3, 0.4) is 0 Å². The van der Waals surface area contributed by atoms with Gasteiger partial charge in [0.25, 0.3) is 0 Å². The van der Waals surface area contributed by atoms with E-state index in [-0.39, 0.29) is 0 Å². The summed E-state index contributed by atoms with van der Waals surface area (Å²) in [7, 11) is 1.65. The van der Waals surface area contributed by atoms with Crippen molar-refractivity contribution in [2.24, 2.45) is 0 Å². The predicted molar refractivity (Wildman–Crippen MR) is 72.2 cm³/mol. The molecule has 0 aliphatic rings. The molecule has 0 bridgehead atoms. The highest BCUT2D eigenvalue weighted by Crippen LogP contribution is 2.37. The van der Waals surface area contributed by atoms with Gasteiger partial charge in [0, 0.05) is 5.56 Å². The molecule has 5 heteroatoms. The number of anilines is 1. The van der Waals surface area contributed by atoms with Gasteiger partial charge in [-0.2, -0.15) is 0 Å². The maximum atomic E-state index is 5.65. The fourth-order valence-electron chi connectivity index (χ4n) is 1.93.